The van der Waals surface area contributed by atoms with Crippen molar-refractivity contribution in [2.75, 3.05) is 0 Å². The Morgan fingerprint density at radius 3 is 2.84 bits per heavy atom. The lowest BCUT2D eigenvalue weighted by molar-refractivity contribution is -0.134. The molecule has 1 aromatic rings. The smallest absolute Gasteiger partial charge is 0.311 e. The summed E-state index contributed by atoms with van der Waals surface area (Å²) in [6, 6.07) is 4.93. The van der Waals surface area contributed by atoms with Gasteiger partial charge in [-0.1, -0.05) is 11.6 Å². The molecule has 1 aliphatic rings. The Morgan fingerprint density at radius 1 is 1.16 bits per heavy atom. The van der Waals surface area contributed by atoms with Crippen molar-refractivity contribution < 1.29 is 14.6 Å². The minimum absolute atomic E-state index is 0.208. The van der Waals surface area contributed by atoms with Gasteiger partial charge < -0.3 is 9.84 Å². The lowest BCUT2D eigenvalue weighted by Crippen LogP contribution is -2.09. The SMILES string of the molecule is C/C1=C\CCCCc2cc(O)ccc2OC(=O)CC1. The summed E-state index contributed by atoms with van der Waals surface area (Å²) in [6.07, 6.45) is 7.38. The average Bonchev–Trinajstić information content (AvgIpc) is 2.37. The molecular weight excluding hydrogens is 240 g/mol. The molecule has 0 unspecified atom stereocenters. The van der Waals surface area contributed by atoms with Crippen molar-refractivity contribution in [2.24, 2.45) is 0 Å². The third-order valence-electron chi connectivity index (χ3n) is 3.38. The molecule has 0 atom stereocenters. The van der Waals surface area contributed by atoms with Crippen molar-refractivity contribution >= 4 is 5.97 Å². The first-order valence-electron chi connectivity index (χ1n) is 6.83. The molecule has 0 bridgehead atoms. The zero-order valence-electron chi connectivity index (χ0n) is 11.3. The second-order valence-corrected chi connectivity index (χ2v) is 5.06. The van der Waals surface area contributed by atoms with E-state index in [2.05, 4.69) is 13.0 Å². The fourth-order valence-electron chi connectivity index (χ4n) is 2.24. The van der Waals surface area contributed by atoms with Gasteiger partial charge in [-0.05, 0) is 62.8 Å². The number of carbonyl (C=O) groups excluding carboxylic acids is 1. The van der Waals surface area contributed by atoms with Crippen LogP contribution < -0.4 is 4.74 Å². The number of benzene rings is 1. The van der Waals surface area contributed by atoms with Gasteiger partial charge in [0, 0.05) is 6.42 Å². The maximum atomic E-state index is 11.8. The Labute approximate surface area is 113 Å². The lowest BCUT2D eigenvalue weighted by atomic mass is 10.0. The monoisotopic (exact) mass is 260 g/mol. The highest BCUT2D eigenvalue weighted by atomic mass is 16.5. The third kappa shape index (κ3) is 4.12. The summed E-state index contributed by atoms with van der Waals surface area (Å²) in [6.45, 7) is 2.06. The molecule has 0 saturated heterocycles. The number of phenolic OH excluding ortho intramolecular Hbond substituents is 1. The van der Waals surface area contributed by atoms with Gasteiger partial charge in [-0.2, -0.15) is 0 Å². The van der Waals surface area contributed by atoms with Crippen LogP contribution in [0.1, 0.15) is 44.6 Å². The number of aryl methyl sites for hydroxylation is 1. The van der Waals surface area contributed by atoms with E-state index in [1.54, 1.807) is 18.2 Å². The zero-order valence-corrected chi connectivity index (χ0v) is 11.3. The van der Waals surface area contributed by atoms with Gasteiger partial charge in [0.05, 0.1) is 0 Å². The van der Waals surface area contributed by atoms with E-state index in [-0.39, 0.29) is 11.7 Å². The quantitative estimate of drug-likeness (QED) is 0.439. The first kappa shape index (κ1) is 13.7. The molecule has 3 nitrogen and oxygen atoms in total. The van der Waals surface area contributed by atoms with Crippen LogP contribution in [-0.2, 0) is 11.2 Å². The maximum Gasteiger partial charge on any atom is 0.311 e. The van der Waals surface area contributed by atoms with E-state index in [0.29, 0.717) is 12.2 Å². The van der Waals surface area contributed by atoms with Gasteiger partial charge in [-0.3, -0.25) is 4.79 Å². The van der Waals surface area contributed by atoms with E-state index >= 15 is 0 Å². The van der Waals surface area contributed by atoms with Crippen LogP contribution in [0.15, 0.2) is 29.8 Å². The molecule has 1 aromatic carbocycles. The number of phenols is 1. The predicted molar refractivity (Wildman–Crippen MR) is 74.3 cm³/mol. The number of carbonyl (C=O) groups is 1. The summed E-state index contributed by atoms with van der Waals surface area (Å²) in [5.74, 6) is 0.600. The standard InChI is InChI=1S/C16H20O3/c1-12-5-3-2-4-6-13-11-14(17)8-9-15(13)19-16(18)10-7-12/h5,8-9,11,17H,2-4,6-7,10H2,1H3/b12-5+. The molecule has 102 valence electrons. The van der Waals surface area contributed by atoms with Crippen molar-refractivity contribution in [3.05, 3.63) is 35.4 Å². The Kier molecular flexibility index (Phi) is 4.61. The summed E-state index contributed by atoms with van der Waals surface area (Å²) in [5, 5.41) is 9.53. The molecule has 0 aliphatic carbocycles. The lowest BCUT2D eigenvalue weighted by Gasteiger charge is -2.12. The fourth-order valence-corrected chi connectivity index (χ4v) is 2.24. The van der Waals surface area contributed by atoms with Crippen LogP contribution in [-0.4, -0.2) is 11.1 Å². The summed E-state index contributed by atoms with van der Waals surface area (Å²) < 4.78 is 5.39. The van der Waals surface area contributed by atoms with Crippen LogP contribution in [0, 0.1) is 0 Å². The second kappa shape index (κ2) is 6.41. The summed E-state index contributed by atoms with van der Waals surface area (Å²) in [5.41, 5.74) is 2.16. The number of hydrogen-bond acceptors (Lipinski definition) is 3. The average molecular weight is 260 g/mol. The van der Waals surface area contributed by atoms with Gasteiger partial charge in [-0.25, -0.2) is 0 Å². The van der Waals surface area contributed by atoms with Gasteiger partial charge in [0.15, 0.2) is 0 Å². The van der Waals surface area contributed by atoms with Gasteiger partial charge in [0.2, 0.25) is 0 Å². The molecule has 1 aliphatic heterocycles. The Morgan fingerprint density at radius 2 is 2.00 bits per heavy atom. The molecule has 2 rings (SSSR count). The Balaban J connectivity index is 2.18. The van der Waals surface area contributed by atoms with Crippen LogP contribution in [0.5, 0.6) is 11.5 Å². The number of aromatic hydroxyl groups is 1. The van der Waals surface area contributed by atoms with Crippen molar-refractivity contribution in [3.63, 3.8) is 0 Å². The largest absolute Gasteiger partial charge is 0.508 e. The van der Waals surface area contributed by atoms with Crippen molar-refractivity contribution in [1.82, 2.24) is 0 Å². The minimum Gasteiger partial charge on any atom is -0.508 e. The van der Waals surface area contributed by atoms with Crippen LogP contribution in [0.3, 0.4) is 0 Å². The van der Waals surface area contributed by atoms with Gasteiger partial charge in [-0.15, -0.1) is 0 Å². The highest BCUT2D eigenvalue weighted by Crippen LogP contribution is 2.26. The number of allylic oxidation sites excluding steroid dienone is 2. The maximum absolute atomic E-state index is 11.8. The van der Waals surface area contributed by atoms with Crippen LogP contribution in [0.25, 0.3) is 0 Å². The van der Waals surface area contributed by atoms with E-state index in [1.807, 2.05) is 0 Å². The van der Waals surface area contributed by atoms with Gasteiger partial charge in [0.1, 0.15) is 11.5 Å². The third-order valence-corrected chi connectivity index (χ3v) is 3.38. The molecule has 1 heterocycles. The van der Waals surface area contributed by atoms with E-state index in [4.69, 9.17) is 4.74 Å². The Hall–Kier alpha value is -1.77. The second-order valence-electron chi connectivity index (χ2n) is 5.06. The van der Waals surface area contributed by atoms with Crippen molar-refractivity contribution in [3.8, 4) is 11.5 Å². The molecule has 1 N–H and O–H groups in total. The Bertz CT molecular complexity index is 489. The highest BCUT2D eigenvalue weighted by molar-refractivity contribution is 5.73. The molecule has 0 amide bonds. The summed E-state index contributed by atoms with van der Waals surface area (Å²) in [4.78, 5) is 11.8. The van der Waals surface area contributed by atoms with E-state index in [1.165, 1.54) is 5.57 Å². The minimum atomic E-state index is -0.208. The topological polar surface area (TPSA) is 46.5 Å². The molecule has 0 saturated carbocycles. The number of rotatable bonds is 0. The summed E-state index contributed by atoms with van der Waals surface area (Å²) in [7, 11) is 0. The van der Waals surface area contributed by atoms with Crippen LogP contribution >= 0.6 is 0 Å². The van der Waals surface area contributed by atoms with Crippen molar-refractivity contribution in [2.45, 2.75) is 45.4 Å². The molecule has 0 aromatic heterocycles. The summed E-state index contributed by atoms with van der Waals surface area (Å²) >= 11 is 0. The van der Waals surface area contributed by atoms with E-state index in [9.17, 15) is 9.90 Å². The fraction of sp³-hybridized carbons (Fsp3) is 0.438. The molecule has 0 spiro atoms. The van der Waals surface area contributed by atoms with Crippen molar-refractivity contribution in [1.29, 1.82) is 0 Å². The predicted octanol–water partition coefficient (Wildman–Crippen LogP) is 3.75. The highest BCUT2D eigenvalue weighted by Gasteiger charge is 2.11. The first-order valence-corrected chi connectivity index (χ1v) is 6.83. The van der Waals surface area contributed by atoms with Crippen LogP contribution in [0.2, 0.25) is 0 Å². The molecule has 0 radical (unpaired) electrons. The van der Waals surface area contributed by atoms with Gasteiger partial charge in [0.25, 0.3) is 0 Å². The van der Waals surface area contributed by atoms with E-state index < -0.39 is 0 Å². The van der Waals surface area contributed by atoms with Gasteiger partial charge >= 0.3 is 5.97 Å². The number of hydrogen-bond donors (Lipinski definition) is 1. The number of ether oxygens (including phenoxy) is 1. The van der Waals surface area contributed by atoms with Crippen LogP contribution in [0.4, 0.5) is 0 Å². The van der Waals surface area contributed by atoms with E-state index in [0.717, 1.165) is 37.7 Å². The molecule has 0 fully saturated rings. The zero-order chi connectivity index (χ0) is 13.7. The number of fused-ring (bicyclic) bond motifs is 1. The molecule has 3 heteroatoms. The molecule has 19 heavy (non-hydrogen) atoms. The normalized spacial score (nSPS) is 20.3. The first-order chi connectivity index (χ1) is 9.15. The molecular formula is C16H20O3. The number of esters is 1.